The molecule has 1 nitrogen and oxygen atoms in total. The molecule has 0 aromatic heterocycles. The molecule has 0 aromatic rings. The van der Waals surface area contributed by atoms with Crippen LogP contribution in [0.2, 0.25) is 0 Å². The van der Waals surface area contributed by atoms with Gasteiger partial charge in [-0.15, -0.1) is 0 Å². The Labute approximate surface area is 63.4 Å². The third-order valence-corrected chi connectivity index (χ3v) is 2.77. The first-order chi connectivity index (χ1) is 4.84. The van der Waals surface area contributed by atoms with Crippen molar-refractivity contribution in [3.05, 3.63) is 0 Å². The number of rotatable bonds is 3. The summed E-state index contributed by atoms with van der Waals surface area (Å²) in [6.45, 7) is 2.72. The first-order valence-electron chi connectivity index (χ1n) is 4.45. The molecule has 10 heavy (non-hydrogen) atoms. The zero-order valence-electron chi connectivity index (χ0n) is 6.84. The molecule has 0 bridgehead atoms. The summed E-state index contributed by atoms with van der Waals surface area (Å²) in [7, 11) is 0. The van der Waals surface area contributed by atoms with Gasteiger partial charge >= 0.3 is 0 Å². The standard InChI is InChI=1S/C9H18O/c1-8-4-2-5-9(8)6-3-7-10/h8-10H,2-7H2,1H3. The highest BCUT2D eigenvalue weighted by Gasteiger charge is 2.21. The monoisotopic (exact) mass is 142 g/mol. The second kappa shape index (κ2) is 3.97. The van der Waals surface area contributed by atoms with Crippen LogP contribution in [-0.4, -0.2) is 11.7 Å². The Morgan fingerprint density at radius 1 is 1.40 bits per heavy atom. The Balaban J connectivity index is 2.14. The van der Waals surface area contributed by atoms with E-state index >= 15 is 0 Å². The fourth-order valence-corrected chi connectivity index (χ4v) is 2.00. The molecule has 1 saturated carbocycles. The number of aliphatic hydroxyl groups is 1. The highest BCUT2D eigenvalue weighted by Crippen LogP contribution is 2.33. The molecule has 0 aliphatic heterocycles. The zero-order valence-corrected chi connectivity index (χ0v) is 6.84. The maximum atomic E-state index is 8.61. The van der Waals surface area contributed by atoms with Crippen LogP contribution >= 0.6 is 0 Å². The summed E-state index contributed by atoms with van der Waals surface area (Å²) < 4.78 is 0. The van der Waals surface area contributed by atoms with Gasteiger partial charge in [-0.05, 0) is 24.7 Å². The Kier molecular flexibility index (Phi) is 3.20. The Morgan fingerprint density at radius 3 is 2.70 bits per heavy atom. The van der Waals surface area contributed by atoms with Gasteiger partial charge in [0.05, 0.1) is 0 Å². The number of hydrogen-bond donors (Lipinski definition) is 1. The van der Waals surface area contributed by atoms with Gasteiger partial charge in [-0.2, -0.15) is 0 Å². The van der Waals surface area contributed by atoms with Crippen LogP contribution in [0.5, 0.6) is 0 Å². The molecule has 1 rings (SSSR count). The first-order valence-corrected chi connectivity index (χ1v) is 4.45. The molecule has 0 heterocycles. The summed E-state index contributed by atoms with van der Waals surface area (Å²) >= 11 is 0. The van der Waals surface area contributed by atoms with Gasteiger partial charge in [-0.1, -0.05) is 26.2 Å². The van der Waals surface area contributed by atoms with Gasteiger partial charge in [0.15, 0.2) is 0 Å². The van der Waals surface area contributed by atoms with E-state index in [0.29, 0.717) is 6.61 Å². The van der Waals surface area contributed by atoms with Gasteiger partial charge in [-0.3, -0.25) is 0 Å². The van der Waals surface area contributed by atoms with Crippen LogP contribution in [0.25, 0.3) is 0 Å². The average Bonchev–Trinajstić information content (AvgIpc) is 2.31. The van der Waals surface area contributed by atoms with Crippen molar-refractivity contribution < 1.29 is 5.11 Å². The van der Waals surface area contributed by atoms with E-state index in [9.17, 15) is 0 Å². The lowest BCUT2D eigenvalue weighted by Gasteiger charge is -2.13. The highest BCUT2D eigenvalue weighted by atomic mass is 16.2. The quantitative estimate of drug-likeness (QED) is 0.640. The predicted molar refractivity (Wildman–Crippen MR) is 42.8 cm³/mol. The van der Waals surface area contributed by atoms with E-state index < -0.39 is 0 Å². The molecular formula is C9H18O. The van der Waals surface area contributed by atoms with Gasteiger partial charge in [0.1, 0.15) is 0 Å². The van der Waals surface area contributed by atoms with Crippen LogP contribution in [0.15, 0.2) is 0 Å². The van der Waals surface area contributed by atoms with Crippen molar-refractivity contribution in [1.29, 1.82) is 0 Å². The summed E-state index contributed by atoms with van der Waals surface area (Å²) in [6.07, 6.45) is 6.49. The fraction of sp³-hybridized carbons (Fsp3) is 1.00. The Morgan fingerprint density at radius 2 is 2.20 bits per heavy atom. The maximum absolute atomic E-state index is 8.61. The number of hydrogen-bond acceptors (Lipinski definition) is 1. The minimum atomic E-state index is 0.378. The topological polar surface area (TPSA) is 20.2 Å². The van der Waals surface area contributed by atoms with Crippen LogP contribution in [0.3, 0.4) is 0 Å². The van der Waals surface area contributed by atoms with Crippen LogP contribution in [0.4, 0.5) is 0 Å². The second-order valence-electron chi connectivity index (χ2n) is 3.53. The summed E-state index contributed by atoms with van der Waals surface area (Å²) in [6, 6.07) is 0. The van der Waals surface area contributed by atoms with Crippen LogP contribution < -0.4 is 0 Å². The lowest BCUT2D eigenvalue weighted by molar-refractivity contribution is 0.261. The number of aliphatic hydroxyl groups excluding tert-OH is 1. The smallest absolute Gasteiger partial charge is 0.0431 e. The van der Waals surface area contributed by atoms with Gasteiger partial charge in [-0.25, -0.2) is 0 Å². The molecule has 2 atom stereocenters. The van der Waals surface area contributed by atoms with E-state index in [1.165, 1.54) is 25.7 Å². The molecule has 0 aromatic carbocycles. The van der Waals surface area contributed by atoms with Crippen molar-refractivity contribution in [1.82, 2.24) is 0 Å². The summed E-state index contributed by atoms with van der Waals surface area (Å²) in [4.78, 5) is 0. The van der Waals surface area contributed by atoms with Gasteiger partial charge in [0.25, 0.3) is 0 Å². The summed E-state index contributed by atoms with van der Waals surface area (Å²) in [5.41, 5.74) is 0. The fourth-order valence-electron chi connectivity index (χ4n) is 2.00. The summed E-state index contributed by atoms with van der Waals surface area (Å²) in [5.74, 6) is 1.85. The van der Waals surface area contributed by atoms with Crippen molar-refractivity contribution in [3.8, 4) is 0 Å². The van der Waals surface area contributed by atoms with E-state index in [4.69, 9.17) is 5.11 Å². The molecule has 1 heteroatoms. The lowest BCUT2D eigenvalue weighted by atomic mass is 9.93. The van der Waals surface area contributed by atoms with Crippen molar-refractivity contribution in [2.75, 3.05) is 6.61 Å². The van der Waals surface area contributed by atoms with Gasteiger partial charge < -0.3 is 5.11 Å². The van der Waals surface area contributed by atoms with E-state index in [-0.39, 0.29) is 0 Å². The molecule has 1 N–H and O–H groups in total. The van der Waals surface area contributed by atoms with E-state index in [0.717, 1.165) is 18.3 Å². The summed E-state index contributed by atoms with van der Waals surface area (Å²) in [5, 5.41) is 8.61. The zero-order chi connectivity index (χ0) is 7.40. The predicted octanol–water partition coefficient (Wildman–Crippen LogP) is 2.20. The van der Waals surface area contributed by atoms with Crippen LogP contribution in [-0.2, 0) is 0 Å². The van der Waals surface area contributed by atoms with Crippen LogP contribution in [0.1, 0.15) is 39.0 Å². The molecule has 0 radical (unpaired) electrons. The molecule has 0 amide bonds. The molecule has 0 spiro atoms. The van der Waals surface area contributed by atoms with Crippen molar-refractivity contribution >= 4 is 0 Å². The third-order valence-electron chi connectivity index (χ3n) is 2.77. The normalized spacial score (nSPS) is 33.0. The molecule has 1 aliphatic rings. The molecule has 0 saturated heterocycles. The lowest BCUT2D eigenvalue weighted by Crippen LogP contribution is -2.04. The maximum Gasteiger partial charge on any atom is 0.0431 e. The minimum Gasteiger partial charge on any atom is -0.396 e. The van der Waals surface area contributed by atoms with Crippen molar-refractivity contribution in [2.24, 2.45) is 11.8 Å². The minimum absolute atomic E-state index is 0.378. The Bertz CT molecular complexity index is 90.7. The molecule has 60 valence electrons. The average molecular weight is 142 g/mol. The highest BCUT2D eigenvalue weighted by molar-refractivity contribution is 4.73. The van der Waals surface area contributed by atoms with Crippen molar-refractivity contribution in [2.45, 2.75) is 39.0 Å². The van der Waals surface area contributed by atoms with E-state index in [1.54, 1.807) is 0 Å². The molecule has 2 unspecified atom stereocenters. The molecule has 1 fully saturated rings. The van der Waals surface area contributed by atoms with Gasteiger partial charge in [0, 0.05) is 6.61 Å². The van der Waals surface area contributed by atoms with Crippen LogP contribution in [0, 0.1) is 11.8 Å². The molecular weight excluding hydrogens is 124 g/mol. The first kappa shape index (κ1) is 8.06. The van der Waals surface area contributed by atoms with Crippen molar-refractivity contribution in [3.63, 3.8) is 0 Å². The molecule has 1 aliphatic carbocycles. The Hall–Kier alpha value is -0.0400. The third kappa shape index (κ3) is 1.98. The van der Waals surface area contributed by atoms with Gasteiger partial charge in [0.2, 0.25) is 0 Å². The SMILES string of the molecule is CC1CCCC1CCCO. The van der Waals surface area contributed by atoms with E-state index in [1.807, 2.05) is 0 Å². The van der Waals surface area contributed by atoms with E-state index in [2.05, 4.69) is 6.92 Å². The second-order valence-corrected chi connectivity index (χ2v) is 3.53. The largest absolute Gasteiger partial charge is 0.396 e.